The average molecular weight is 338 g/mol. The SMILES string of the molecule is CC(=O)c1cccc(NC(=O)N2C[C@@H](C)O[C@@H](c3ccccc3)C2)c1. The summed E-state index contributed by atoms with van der Waals surface area (Å²) in [6.45, 7) is 4.49. The number of benzene rings is 2. The molecule has 0 radical (unpaired) electrons. The van der Waals surface area contributed by atoms with Gasteiger partial charge in [0.1, 0.15) is 6.10 Å². The van der Waals surface area contributed by atoms with Gasteiger partial charge in [0.05, 0.1) is 12.6 Å². The Labute approximate surface area is 147 Å². The molecule has 0 aliphatic carbocycles. The van der Waals surface area contributed by atoms with Gasteiger partial charge in [-0.3, -0.25) is 4.79 Å². The first-order valence-electron chi connectivity index (χ1n) is 8.40. The summed E-state index contributed by atoms with van der Waals surface area (Å²) in [6, 6.07) is 16.7. The molecule has 1 N–H and O–H groups in total. The van der Waals surface area contributed by atoms with E-state index in [2.05, 4.69) is 5.32 Å². The lowest BCUT2D eigenvalue weighted by molar-refractivity contribution is -0.0642. The molecular formula is C20H22N2O3. The van der Waals surface area contributed by atoms with Gasteiger partial charge in [-0.25, -0.2) is 4.79 Å². The molecule has 130 valence electrons. The van der Waals surface area contributed by atoms with Crippen LogP contribution < -0.4 is 5.32 Å². The number of carbonyl (C=O) groups is 2. The van der Waals surface area contributed by atoms with Gasteiger partial charge in [0, 0.05) is 17.8 Å². The Morgan fingerprint density at radius 2 is 1.84 bits per heavy atom. The number of morpholine rings is 1. The number of nitrogens with one attached hydrogen (secondary N) is 1. The van der Waals surface area contributed by atoms with Crippen LogP contribution in [-0.2, 0) is 4.74 Å². The van der Waals surface area contributed by atoms with Crippen LogP contribution in [0.4, 0.5) is 10.5 Å². The van der Waals surface area contributed by atoms with E-state index < -0.39 is 0 Å². The van der Waals surface area contributed by atoms with Crippen LogP contribution in [0.25, 0.3) is 0 Å². The van der Waals surface area contributed by atoms with Gasteiger partial charge in [-0.2, -0.15) is 0 Å². The molecule has 25 heavy (non-hydrogen) atoms. The normalized spacial score (nSPS) is 20.2. The van der Waals surface area contributed by atoms with Gasteiger partial charge < -0.3 is 15.0 Å². The van der Waals surface area contributed by atoms with Crippen molar-refractivity contribution in [1.82, 2.24) is 4.90 Å². The van der Waals surface area contributed by atoms with Crippen LogP contribution >= 0.6 is 0 Å². The number of nitrogens with zero attached hydrogens (tertiary/aromatic N) is 1. The molecule has 2 amide bonds. The molecule has 1 aliphatic heterocycles. The van der Waals surface area contributed by atoms with Crippen LogP contribution in [0.5, 0.6) is 0 Å². The predicted octanol–water partition coefficient (Wildman–Crippen LogP) is 3.88. The molecule has 0 bridgehead atoms. The van der Waals surface area contributed by atoms with E-state index in [9.17, 15) is 9.59 Å². The van der Waals surface area contributed by atoms with Gasteiger partial charge in [-0.15, -0.1) is 0 Å². The van der Waals surface area contributed by atoms with Crippen LogP contribution in [-0.4, -0.2) is 35.9 Å². The number of rotatable bonds is 3. The second-order valence-electron chi connectivity index (χ2n) is 6.32. The summed E-state index contributed by atoms with van der Waals surface area (Å²) in [7, 11) is 0. The molecule has 0 spiro atoms. The van der Waals surface area contributed by atoms with Crippen molar-refractivity contribution in [2.24, 2.45) is 0 Å². The fourth-order valence-electron chi connectivity index (χ4n) is 2.99. The molecule has 5 nitrogen and oxygen atoms in total. The van der Waals surface area contributed by atoms with E-state index in [0.29, 0.717) is 24.3 Å². The number of anilines is 1. The maximum Gasteiger partial charge on any atom is 0.322 e. The quantitative estimate of drug-likeness (QED) is 0.864. The van der Waals surface area contributed by atoms with Gasteiger partial charge in [0.15, 0.2) is 5.78 Å². The second-order valence-corrected chi connectivity index (χ2v) is 6.32. The number of ether oxygens (including phenoxy) is 1. The number of hydrogen-bond acceptors (Lipinski definition) is 3. The first-order valence-corrected chi connectivity index (χ1v) is 8.40. The highest BCUT2D eigenvalue weighted by atomic mass is 16.5. The number of carbonyl (C=O) groups excluding carboxylic acids is 2. The summed E-state index contributed by atoms with van der Waals surface area (Å²) in [6.07, 6.45) is -0.187. The molecule has 0 saturated carbocycles. The number of ketones is 1. The minimum absolute atomic E-state index is 0.0276. The summed E-state index contributed by atoms with van der Waals surface area (Å²) in [5.41, 5.74) is 2.26. The van der Waals surface area contributed by atoms with Gasteiger partial charge >= 0.3 is 6.03 Å². The Hall–Kier alpha value is -2.66. The summed E-state index contributed by atoms with van der Waals surface area (Å²) >= 11 is 0. The molecule has 1 saturated heterocycles. The highest BCUT2D eigenvalue weighted by Gasteiger charge is 2.29. The largest absolute Gasteiger partial charge is 0.367 e. The minimum Gasteiger partial charge on any atom is -0.367 e. The highest BCUT2D eigenvalue weighted by molar-refractivity contribution is 5.96. The molecule has 1 fully saturated rings. The number of urea groups is 1. The maximum atomic E-state index is 12.6. The Kier molecular flexibility index (Phi) is 5.14. The Bertz CT molecular complexity index is 761. The molecule has 0 aromatic heterocycles. The fourth-order valence-corrected chi connectivity index (χ4v) is 2.99. The van der Waals surface area contributed by atoms with Crippen molar-refractivity contribution in [3.05, 3.63) is 65.7 Å². The lowest BCUT2D eigenvalue weighted by Crippen LogP contribution is -2.47. The van der Waals surface area contributed by atoms with Crippen molar-refractivity contribution in [2.45, 2.75) is 26.1 Å². The van der Waals surface area contributed by atoms with Crippen molar-refractivity contribution >= 4 is 17.5 Å². The lowest BCUT2D eigenvalue weighted by Gasteiger charge is -2.37. The third-order valence-electron chi connectivity index (χ3n) is 4.24. The Morgan fingerprint density at radius 3 is 2.56 bits per heavy atom. The second kappa shape index (κ2) is 7.49. The van der Waals surface area contributed by atoms with E-state index >= 15 is 0 Å². The summed E-state index contributed by atoms with van der Waals surface area (Å²) in [5, 5.41) is 2.88. The van der Waals surface area contributed by atoms with Crippen LogP contribution in [0.2, 0.25) is 0 Å². The summed E-state index contributed by atoms with van der Waals surface area (Å²) in [5.74, 6) is -0.0276. The topological polar surface area (TPSA) is 58.6 Å². The van der Waals surface area contributed by atoms with Crippen LogP contribution in [0.3, 0.4) is 0 Å². The van der Waals surface area contributed by atoms with E-state index in [0.717, 1.165) is 5.56 Å². The molecule has 5 heteroatoms. The van der Waals surface area contributed by atoms with Crippen molar-refractivity contribution in [3.63, 3.8) is 0 Å². The molecule has 2 atom stereocenters. The van der Waals surface area contributed by atoms with E-state index in [1.165, 1.54) is 6.92 Å². The number of hydrogen-bond donors (Lipinski definition) is 1. The zero-order valence-corrected chi connectivity index (χ0v) is 14.4. The fraction of sp³-hybridized carbons (Fsp3) is 0.300. The van der Waals surface area contributed by atoms with Gasteiger partial charge in [-0.05, 0) is 31.5 Å². The highest BCUT2D eigenvalue weighted by Crippen LogP contribution is 2.25. The average Bonchev–Trinajstić information content (AvgIpc) is 2.62. The van der Waals surface area contributed by atoms with Crippen molar-refractivity contribution in [3.8, 4) is 0 Å². The molecule has 1 aliphatic rings. The summed E-state index contributed by atoms with van der Waals surface area (Å²) < 4.78 is 5.99. The zero-order chi connectivity index (χ0) is 17.8. The first-order chi connectivity index (χ1) is 12.0. The van der Waals surface area contributed by atoms with Crippen molar-refractivity contribution in [1.29, 1.82) is 0 Å². The molecule has 1 heterocycles. The predicted molar refractivity (Wildman–Crippen MR) is 96.8 cm³/mol. The standard InChI is InChI=1S/C20H22N2O3/c1-14-12-22(13-19(25-14)16-7-4-3-5-8-16)20(24)21-18-10-6-9-17(11-18)15(2)23/h3-11,14,19H,12-13H2,1-2H3,(H,21,24)/t14-,19-/m1/s1. The Morgan fingerprint density at radius 1 is 1.08 bits per heavy atom. The van der Waals surface area contributed by atoms with Gasteiger partial charge in [0.25, 0.3) is 0 Å². The van der Waals surface area contributed by atoms with E-state index in [1.807, 2.05) is 37.3 Å². The Balaban J connectivity index is 1.71. The molecular weight excluding hydrogens is 316 g/mol. The van der Waals surface area contributed by atoms with Crippen LogP contribution in [0.1, 0.15) is 35.9 Å². The monoisotopic (exact) mass is 338 g/mol. The van der Waals surface area contributed by atoms with Crippen molar-refractivity contribution in [2.75, 3.05) is 18.4 Å². The first kappa shape index (κ1) is 17.2. The maximum absolute atomic E-state index is 12.6. The number of amides is 2. The van der Waals surface area contributed by atoms with Gasteiger partial charge in [-0.1, -0.05) is 42.5 Å². The number of Topliss-reactive ketones (excluding diaryl/α,β-unsaturated/α-hetero) is 1. The van der Waals surface area contributed by atoms with Crippen LogP contribution in [0, 0.1) is 0 Å². The molecule has 2 aromatic rings. The third kappa shape index (κ3) is 4.25. The zero-order valence-electron chi connectivity index (χ0n) is 14.4. The smallest absolute Gasteiger partial charge is 0.322 e. The lowest BCUT2D eigenvalue weighted by atomic mass is 10.1. The summed E-state index contributed by atoms with van der Waals surface area (Å²) in [4.78, 5) is 25.9. The molecule has 2 aromatic carbocycles. The molecule has 3 rings (SSSR count). The van der Waals surface area contributed by atoms with Gasteiger partial charge in [0.2, 0.25) is 0 Å². The minimum atomic E-state index is -0.184. The third-order valence-corrected chi connectivity index (χ3v) is 4.24. The van der Waals surface area contributed by atoms with Crippen LogP contribution in [0.15, 0.2) is 54.6 Å². The van der Waals surface area contributed by atoms with E-state index in [4.69, 9.17) is 4.74 Å². The van der Waals surface area contributed by atoms with E-state index in [1.54, 1.807) is 29.2 Å². The molecule has 0 unspecified atom stereocenters. The van der Waals surface area contributed by atoms with Crippen molar-refractivity contribution < 1.29 is 14.3 Å². The van der Waals surface area contributed by atoms with E-state index in [-0.39, 0.29) is 24.0 Å².